The highest BCUT2D eigenvalue weighted by Crippen LogP contribution is 2.34. The Balaban J connectivity index is 2.18. The molecule has 3 N–H and O–H groups in total. The number of hydrogen-bond acceptors (Lipinski definition) is 2. The summed E-state index contributed by atoms with van der Waals surface area (Å²) in [6, 6.07) is 0.303. The van der Waals surface area contributed by atoms with E-state index in [1.807, 2.05) is 0 Å². The third-order valence-electron chi connectivity index (χ3n) is 2.44. The third-order valence-corrected chi connectivity index (χ3v) is 2.44. The molecular formula is C8H14N2. The molecule has 0 aromatic heterocycles. The summed E-state index contributed by atoms with van der Waals surface area (Å²) in [6.45, 7) is 3.27. The van der Waals surface area contributed by atoms with Gasteiger partial charge in [-0.3, -0.25) is 0 Å². The van der Waals surface area contributed by atoms with Crippen LogP contribution in [-0.2, 0) is 0 Å². The van der Waals surface area contributed by atoms with E-state index in [-0.39, 0.29) is 0 Å². The lowest BCUT2D eigenvalue weighted by atomic mass is 10.1. The van der Waals surface area contributed by atoms with Crippen molar-refractivity contribution < 1.29 is 0 Å². The fourth-order valence-electron chi connectivity index (χ4n) is 1.49. The molecule has 1 aliphatic carbocycles. The lowest BCUT2D eigenvalue weighted by molar-refractivity contribution is 0.579. The van der Waals surface area contributed by atoms with Crippen molar-refractivity contribution >= 4 is 0 Å². The lowest BCUT2D eigenvalue weighted by Crippen LogP contribution is -2.25. The van der Waals surface area contributed by atoms with Crippen molar-refractivity contribution in [2.45, 2.75) is 25.8 Å². The number of nitrogens with one attached hydrogen (secondary N) is 1. The van der Waals surface area contributed by atoms with E-state index in [1.165, 1.54) is 18.5 Å². The molecule has 0 amide bonds. The summed E-state index contributed by atoms with van der Waals surface area (Å²) in [7, 11) is 0. The van der Waals surface area contributed by atoms with Gasteiger partial charge >= 0.3 is 0 Å². The number of allylic oxidation sites excluding steroid dienone is 1. The Morgan fingerprint density at radius 1 is 1.50 bits per heavy atom. The molecule has 0 bridgehead atoms. The van der Waals surface area contributed by atoms with E-state index in [1.54, 1.807) is 5.57 Å². The third kappa shape index (κ3) is 0.833. The maximum atomic E-state index is 5.94. The van der Waals surface area contributed by atoms with Crippen LogP contribution in [0.2, 0.25) is 0 Å². The molecule has 10 heavy (non-hydrogen) atoms. The fourth-order valence-corrected chi connectivity index (χ4v) is 1.49. The molecule has 2 nitrogen and oxygen atoms in total. The van der Waals surface area contributed by atoms with E-state index in [0.717, 1.165) is 6.54 Å². The Labute approximate surface area is 61.5 Å². The Morgan fingerprint density at radius 2 is 2.20 bits per heavy atom. The second-order valence-corrected chi connectivity index (χ2v) is 3.40. The quantitative estimate of drug-likeness (QED) is 0.514. The van der Waals surface area contributed by atoms with Gasteiger partial charge in [0.05, 0.1) is 0 Å². The van der Waals surface area contributed by atoms with Crippen LogP contribution < -0.4 is 11.1 Å². The molecule has 1 heterocycles. The van der Waals surface area contributed by atoms with Crippen LogP contribution in [0.15, 0.2) is 11.3 Å². The molecule has 56 valence electrons. The topological polar surface area (TPSA) is 38.0 Å². The molecule has 2 unspecified atom stereocenters. The highest BCUT2D eigenvalue weighted by Gasteiger charge is 2.30. The predicted octanol–water partition coefficient (Wildman–Crippen LogP) is 0.601. The minimum atomic E-state index is 0.303. The van der Waals surface area contributed by atoms with E-state index in [4.69, 9.17) is 5.73 Å². The maximum Gasteiger partial charge on any atom is 0.0486 e. The minimum absolute atomic E-state index is 0.303. The first-order valence-corrected chi connectivity index (χ1v) is 4.00. The van der Waals surface area contributed by atoms with Crippen molar-refractivity contribution in [3.63, 3.8) is 0 Å². The average molecular weight is 138 g/mol. The first-order chi connectivity index (χ1) is 4.79. The van der Waals surface area contributed by atoms with Gasteiger partial charge in [-0.05, 0) is 24.3 Å². The minimum Gasteiger partial charge on any atom is -0.387 e. The molecule has 1 saturated carbocycles. The fraction of sp³-hybridized carbons (Fsp3) is 0.750. The van der Waals surface area contributed by atoms with Crippen LogP contribution in [0.4, 0.5) is 0 Å². The van der Waals surface area contributed by atoms with Gasteiger partial charge in [0.25, 0.3) is 0 Å². The second kappa shape index (κ2) is 1.99. The summed E-state index contributed by atoms with van der Waals surface area (Å²) in [5.41, 5.74) is 8.86. The first kappa shape index (κ1) is 6.23. The molecule has 1 saturated heterocycles. The van der Waals surface area contributed by atoms with Crippen LogP contribution in [0.3, 0.4) is 0 Å². The molecule has 0 aromatic rings. The molecule has 2 rings (SSSR count). The van der Waals surface area contributed by atoms with Crippen LogP contribution in [-0.4, -0.2) is 12.6 Å². The van der Waals surface area contributed by atoms with E-state index in [0.29, 0.717) is 12.0 Å². The predicted molar refractivity (Wildman–Crippen MR) is 41.4 cm³/mol. The molecule has 0 radical (unpaired) electrons. The van der Waals surface area contributed by atoms with E-state index in [2.05, 4.69) is 12.2 Å². The Bertz CT molecular complexity index is 178. The summed E-state index contributed by atoms with van der Waals surface area (Å²) in [5.74, 6) is 0.628. The molecule has 2 atom stereocenters. The van der Waals surface area contributed by atoms with E-state index < -0.39 is 0 Å². The smallest absolute Gasteiger partial charge is 0.0486 e. The zero-order chi connectivity index (χ0) is 7.14. The highest BCUT2D eigenvalue weighted by atomic mass is 15.0. The number of rotatable bonds is 0. The summed E-state index contributed by atoms with van der Waals surface area (Å²) in [6.07, 6.45) is 2.56. The summed E-state index contributed by atoms with van der Waals surface area (Å²) < 4.78 is 0. The van der Waals surface area contributed by atoms with Crippen LogP contribution >= 0.6 is 0 Å². The van der Waals surface area contributed by atoms with Crippen molar-refractivity contribution in [2.24, 2.45) is 11.7 Å². The zero-order valence-corrected chi connectivity index (χ0v) is 6.35. The van der Waals surface area contributed by atoms with Gasteiger partial charge in [0.15, 0.2) is 0 Å². The largest absolute Gasteiger partial charge is 0.387 e. The van der Waals surface area contributed by atoms with Crippen molar-refractivity contribution in [1.29, 1.82) is 0 Å². The van der Waals surface area contributed by atoms with Gasteiger partial charge in [-0.1, -0.05) is 6.92 Å². The van der Waals surface area contributed by atoms with E-state index >= 15 is 0 Å². The molecule has 2 aliphatic rings. The average Bonchev–Trinajstić information content (AvgIpc) is 2.67. The van der Waals surface area contributed by atoms with Crippen LogP contribution in [0, 0.1) is 5.92 Å². The summed E-state index contributed by atoms with van der Waals surface area (Å²) in [4.78, 5) is 0. The van der Waals surface area contributed by atoms with Crippen LogP contribution in [0.1, 0.15) is 19.8 Å². The Morgan fingerprint density at radius 3 is 2.60 bits per heavy atom. The zero-order valence-electron chi connectivity index (χ0n) is 6.35. The van der Waals surface area contributed by atoms with Gasteiger partial charge in [-0.15, -0.1) is 0 Å². The monoisotopic (exact) mass is 138 g/mol. The Hall–Kier alpha value is -0.500. The molecule has 0 aromatic carbocycles. The van der Waals surface area contributed by atoms with Gasteiger partial charge in [0, 0.05) is 18.3 Å². The summed E-state index contributed by atoms with van der Waals surface area (Å²) >= 11 is 0. The van der Waals surface area contributed by atoms with Crippen molar-refractivity contribution in [3.05, 3.63) is 11.3 Å². The van der Waals surface area contributed by atoms with E-state index in [9.17, 15) is 0 Å². The Kier molecular flexibility index (Phi) is 1.24. The normalized spacial score (nSPS) is 38.2. The van der Waals surface area contributed by atoms with Gasteiger partial charge in [0.2, 0.25) is 0 Å². The molecular weight excluding hydrogens is 124 g/mol. The van der Waals surface area contributed by atoms with Gasteiger partial charge in [0.1, 0.15) is 0 Å². The second-order valence-electron chi connectivity index (χ2n) is 3.40. The number of hydrogen-bond donors (Lipinski definition) is 2. The maximum absolute atomic E-state index is 5.94. The molecule has 2 fully saturated rings. The van der Waals surface area contributed by atoms with Crippen molar-refractivity contribution in [1.82, 2.24) is 5.32 Å². The van der Waals surface area contributed by atoms with Gasteiger partial charge in [-0.25, -0.2) is 0 Å². The SMILES string of the molecule is CC1CNC(=C2CC2)C1N. The van der Waals surface area contributed by atoms with Crippen LogP contribution in [0.5, 0.6) is 0 Å². The highest BCUT2D eigenvalue weighted by molar-refractivity contribution is 5.30. The number of nitrogens with two attached hydrogens (primary N) is 1. The molecule has 1 aliphatic heterocycles. The van der Waals surface area contributed by atoms with Crippen molar-refractivity contribution in [2.75, 3.05) is 6.54 Å². The molecule has 2 heteroatoms. The summed E-state index contributed by atoms with van der Waals surface area (Å²) in [5, 5.41) is 3.37. The lowest BCUT2D eigenvalue weighted by Gasteiger charge is -2.07. The standard InChI is InChI=1S/C8H14N2/c1-5-4-10-8(7(5)9)6-2-3-6/h5,7,10H,2-4,9H2,1H3. The van der Waals surface area contributed by atoms with Gasteiger partial charge in [-0.2, -0.15) is 0 Å². The molecule has 0 spiro atoms. The van der Waals surface area contributed by atoms with Crippen molar-refractivity contribution in [3.8, 4) is 0 Å². The van der Waals surface area contributed by atoms with Crippen LogP contribution in [0.25, 0.3) is 0 Å². The van der Waals surface area contributed by atoms with Gasteiger partial charge < -0.3 is 11.1 Å². The first-order valence-electron chi connectivity index (χ1n) is 4.00.